The standard InChI is InChI=1S/C14H12ClFN2O/c15-10-2-1-3-11(16)13(10)14(19)18-7-5-12-9(8-18)4-6-17-12/h1-4,6,17H,5,7-8H2. The maximum absolute atomic E-state index is 13.8. The molecule has 3 nitrogen and oxygen atoms in total. The van der Waals surface area contributed by atoms with Crippen LogP contribution in [0.25, 0.3) is 0 Å². The lowest BCUT2D eigenvalue weighted by Crippen LogP contribution is -2.36. The van der Waals surface area contributed by atoms with Crippen LogP contribution in [0.3, 0.4) is 0 Å². The number of nitrogens with one attached hydrogen (secondary N) is 1. The number of amides is 1. The van der Waals surface area contributed by atoms with Crippen molar-refractivity contribution in [3.8, 4) is 0 Å². The summed E-state index contributed by atoms with van der Waals surface area (Å²) in [6, 6.07) is 6.22. The van der Waals surface area contributed by atoms with Crippen LogP contribution in [0.4, 0.5) is 4.39 Å². The summed E-state index contributed by atoms with van der Waals surface area (Å²) in [5, 5.41) is 0.157. The van der Waals surface area contributed by atoms with Gasteiger partial charge in [0.05, 0.1) is 10.6 Å². The molecule has 1 aromatic heterocycles. The zero-order chi connectivity index (χ0) is 13.4. The second-order valence-corrected chi connectivity index (χ2v) is 4.96. The first kappa shape index (κ1) is 12.2. The average molecular weight is 279 g/mol. The topological polar surface area (TPSA) is 36.1 Å². The first-order valence-corrected chi connectivity index (χ1v) is 6.43. The summed E-state index contributed by atoms with van der Waals surface area (Å²) in [6.45, 7) is 1.05. The van der Waals surface area contributed by atoms with E-state index in [9.17, 15) is 9.18 Å². The molecule has 0 radical (unpaired) electrons. The molecule has 1 aliphatic heterocycles. The van der Waals surface area contributed by atoms with Gasteiger partial charge in [0.25, 0.3) is 5.91 Å². The van der Waals surface area contributed by atoms with E-state index in [4.69, 9.17) is 11.6 Å². The second-order valence-electron chi connectivity index (χ2n) is 4.55. The molecule has 2 heterocycles. The second kappa shape index (κ2) is 4.70. The molecule has 1 aliphatic rings. The molecular weight excluding hydrogens is 267 g/mol. The molecule has 0 unspecified atom stereocenters. The minimum atomic E-state index is -0.572. The van der Waals surface area contributed by atoms with Crippen molar-refractivity contribution in [2.45, 2.75) is 13.0 Å². The number of carbonyl (C=O) groups is 1. The molecular formula is C14H12ClFN2O. The summed E-state index contributed by atoms with van der Waals surface area (Å²) < 4.78 is 13.8. The number of benzene rings is 1. The molecule has 1 aromatic carbocycles. The highest BCUT2D eigenvalue weighted by molar-refractivity contribution is 6.33. The van der Waals surface area contributed by atoms with Crippen molar-refractivity contribution in [2.24, 2.45) is 0 Å². The monoisotopic (exact) mass is 278 g/mol. The highest BCUT2D eigenvalue weighted by Crippen LogP contribution is 2.24. The summed E-state index contributed by atoms with van der Waals surface area (Å²) >= 11 is 5.93. The van der Waals surface area contributed by atoms with Gasteiger partial charge in [-0.2, -0.15) is 0 Å². The Balaban J connectivity index is 1.90. The summed E-state index contributed by atoms with van der Waals surface area (Å²) in [5.74, 6) is -0.924. The Morgan fingerprint density at radius 2 is 2.21 bits per heavy atom. The van der Waals surface area contributed by atoms with E-state index in [0.29, 0.717) is 13.1 Å². The number of fused-ring (bicyclic) bond motifs is 1. The Morgan fingerprint density at radius 3 is 3.00 bits per heavy atom. The number of hydrogen-bond acceptors (Lipinski definition) is 1. The van der Waals surface area contributed by atoms with Crippen LogP contribution in [0, 0.1) is 5.82 Å². The van der Waals surface area contributed by atoms with E-state index in [2.05, 4.69) is 4.98 Å². The van der Waals surface area contributed by atoms with Crippen LogP contribution in [0.1, 0.15) is 21.6 Å². The minimum absolute atomic E-state index is 0.0387. The minimum Gasteiger partial charge on any atom is -0.365 e. The van der Waals surface area contributed by atoms with E-state index in [1.807, 2.05) is 12.3 Å². The van der Waals surface area contributed by atoms with Crippen molar-refractivity contribution in [3.63, 3.8) is 0 Å². The molecule has 98 valence electrons. The number of halogens is 2. The lowest BCUT2D eigenvalue weighted by molar-refractivity contribution is 0.0730. The van der Waals surface area contributed by atoms with Crippen molar-refractivity contribution < 1.29 is 9.18 Å². The molecule has 3 rings (SSSR count). The fourth-order valence-electron chi connectivity index (χ4n) is 2.38. The molecule has 0 spiro atoms. The van der Waals surface area contributed by atoms with Crippen LogP contribution < -0.4 is 0 Å². The summed E-state index contributed by atoms with van der Waals surface area (Å²) in [4.78, 5) is 17.1. The van der Waals surface area contributed by atoms with Crippen LogP contribution in [-0.4, -0.2) is 22.3 Å². The maximum Gasteiger partial charge on any atom is 0.258 e. The lowest BCUT2D eigenvalue weighted by atomic mass is 10.1. The normalized spacial score (nSPS) is 14.3. The van der Waals surface area contributed by atoms with Gasteiger partial charge in [0.1, 0.15) is 5.82 Å². The van der Waals surface area contributed by atoms with E-state index < -0.39 is 5.82 Å². The van der Waals surface area contributed by atoms with Gasteiger partial charge >= 0.3 is 0 Å². The van der Waals surface area contributed by atoms with Crippen LogP contribution in [-0.2, 0) is 13.0 Å². The molecule has 0 saturated heterocycles. The van der Waals surface area contributed by atoms with E-state index in [-0.39, 0.29) is 16.5 Å². The SMILES string of the molecule is O=C(c1c(F)cccc1Cl)N1CCc2[nH]ccc2C1. The van der Waals surface area contributed by atoms with E-state index in [1.165, 1.54) is 18.2 Å². The van der Waals surface area contributed by atoms with Gasteiger partial charge < -0.3 is 9.88 Å². The molecule has 0 fully saturated rings. The van der Waals surface area contributed by atoms with Crippen molar-refractivity contribution >= 4 is 17.5 Å². The third-order valence-corrected chi connectivity index (χ3v) is 3.70. The van der Waals surface area contributed by atoms with Gasteiger partial charge in [0.15, 0.2) is 0 Å². The van der Waals surface area contributed by atoms with Crippen LogP contribution in [0.5, 0.6) is 0 Å². The summed E-state index contributed by atoms with van der Waals surface area (Å²) in [5.41, 5.74) is 2.18. The molecule has 0 bridgehead atoms. The predicted molar refractivity (Wildman–Crippen MR) is 70.6 cm³/mol. The van der Waals surface area contributed by atoms with Gasteiger partial charge in [0, 0.05) is 31.4 Å². The zero-order valence-electron chi connectivity index (χ0n) is 10.1. The number of aromatic amines is 1. The van der Waals surface area contributed by atoms with Gasteiger partial charge in [0.2, 0.25) is 0 Å². The largest absolute Gasteiger partial charge is 0.365 e. The van der Waals surface area contributed by atoms with Crippen molar-refractivity contribution in [3.05, 3.63) is 58.1 Å². The number of nitrogens with zero attached hydrogens (tertiary/aromatic N) is 1. The van der Waals surface area contributed by atoms with Crippen molar-refractivity contribution in [2.75, 3.05) is 6.54 Å². The Morgan fingerprint density at radius 1 is 1.37 bits per heavy atom. The molecule has 19 heavy (non-hydrogen) atoms. The number of aromatic nitrogens is 1. The molecule has 0 atom stereocenters. The Bertz CT molecular complexity index is 618. The van der Waals surface area contributed by atoms with E-state index in [0.717, 1.165) is 17.7 Å². The van der Waals surface area contributed by atoms with E-state index in [1.54, 1.807) is 4.90 Å². The van der Waals surface area contributed by atoms with Gasteiger partial charge in [-0.3, -0.25) is 4.79 Å². The van der Waals surface area contributed by atoms with Crippen molar-refractivity contribution in [1.29, 1.82) is 0 Å². The average Bonchev–Trinajstić information content (AvgIpc) is 2.85. The molecule has 2 aromatic rings. The highest BCUT2D eigenvalue weighted by Gasteiger charge is 2.25. The van der Waals surface area contributed by atoms with Crippen molar-refractivity contribution in [1.82, 2.24) is 9.88 Å². The van der Waals surface area contributed by atoms with E-state index >= 15 is 0 Å². The number of carbonyl (C=O) groups excluding carboxylic acids is 1. The first-order chi connectivity index (χ1) is 9.16. The summed E-state index contributed by atoms with van der Waals surface area (Å²) in [6.07, 6.45) is 2.61. The smallest absolute Gasteiger partial charge is 0.258 e. The third kappa shape index (κ3) is 2.12. The molecule has 1 amide bonds. The molecule has 1 N–H and O–H groups in total. The fraction of sp³-hybridized carbons (Fsp3) is 0.214. The lowest BCUT2D eigenvalue weighted by Gasteiger charge is -2.27. The quantitative estimate of drug-likeness (QED) is 0.855. The van der Waals surface area contributed by atoms with Gasteiger partial charge in [-0.25, -0.2) is 4.39 Å². The van der Waals surface area contributed by atoms with Crippen LogP contribution in [0.2, 0.25) is 5.02 Å². The first-order valence-electron chi connectivity index (χ1n) is 6.05. The molecule has 5 heteroatoms. The van der Waals surface area contributed by atoms with Crippen LogP contribution in [0.15, 0.2) is 30.5 Å². The van der Waals surface area contributed by atoms with Gasteiger partial charge in [-0.15, -0.1) is 0 Å². The van der Waals surface area contributed by atoms with Gasteiger partial charge in [-0.05, 0) is 23.8 Å². The Labute approximate surface area is 115 Å². The Hall–Kier alpha value is -1.81. The summed E-state index contributed by atoms with van der Waals surface area (Å²) in [7, 11) is 0. The number of H-pyrrole nitrogens is 1. The van der Waals surface area contributed by atoms with Gasteiger partial charge in [-0.1, -0.05) is 17.7 Å². The zero-order valence-corrected chi connectivity index (χ0v) is 10.9. The number of rotatable bonds is 1. The van der Waals surface area contributed by atoms with Crippen LogP contribution >= 0.6 is 11.6 Å². The Kier molecular flexibility index (Phi) is 3.03. The molecule has 0 saturated carbocycles. The third-order valence-electron chi connectivity index (χ3n) is 3.39. The fourth-order valence-corrected chi connectivity index (χ4v) is 2.63. The predicted octanol–water partition coefficient (Wildman–Crippen LogP) is 3.01. The maximum atomic E-state index is 13.8. The highest BCUT2D eigenvalue weighted by atomic mass is 35.5. The number of hydrogen-bond donors (Lipinski definition) is 1. The molecule has 0 aliphatic carbocycles.